The predicted molar refractivity (Wildman–Crippen MR) is 73.8 cm³/mol. The highest BCUT2D eigenvalue weighted by molar-refractivity contribution is 7.80. The van der Waals surface area contributed by atoms with Gasteiger partial charge in [-0.2, -0.15) is 0 Å². The second-order valence-corrected chi connectivity index (χ2v) is 5.45. The molecule has 1 atom stereocenters. The maximum atomic E-state index is 5.25. The van der Waals surface area contributed by atoms with Gasteiger partial charge in [-0.25, -0.2) is 0 Å². The summed E-state index contributed by atoms with van der Waals surface area (Å²) in [4.78, 5) is 0. The Morgan fingerprint density at radius 2 is 2.00 bits per heavy atom. The van der Waals surface area contributed by atoms with Gasteiger partial charge in [0, 0.05) is 25.8 Å². The van der Waals surface area contributed by atoms with E-state index < -0.39 is 0 Å². The van der Waals surface area contributed by atoms with Gasteiger partial charge in [-0.15, -0.1) is 0 Å². The Kier molecular flexibility index (Phi) is 7.68. The van der Waals surface area contributed by atoms with E-state index in [0.717, 1.165) is 31.3 Å². The normalized spacial score (nSPS) is 13.3. The van der Waals surface area contributed by atoms with Crippen molar-refractivity contribution in [2.45, 2.75) is 47.1 Å². The van der Waals surface area contributed by atoms with Crippen LogP contribution in [0.1, 0.15) is 41.0 Å². The Morgan fingerprint density at radius 3 is 2.50 bits per heavy atom. The van der Waals surface area contributed by atoms with Gasteiger partial charge in [0.1, 0.15) is 0 Å². The molecule has 0 saturated carbocycles. The molecular weight excluding hydrogens is 220 g/mol. The second kappa shape index (κ2) is 7.85. The van der Waals surface area contributed by atoms with Gasteiger partial charge in [0.05, 0.1) is 0 Å². The third kappa shape index (κ3) is 7.88. The first-order valence-electron chi connectivity index (χ1n) is 6.00. The minimum absolute atomic E-state index is 0.219. The third-order valence-electron chi connectivity index (χ3n) is 2.60. The van der Waals surface area contributed by atoms with Crippen LogP contribution in [0.5, 0.6) is 0 Å². The van der Waals surface area contributed by atoms with E-state index in [2.05, 4.69) is 38.3 Å². The number of nitrogens with one attached hydrogen (secondary N) is 2. The molecule has 0 aliphatic rings. The van der Waals surface area contributed by atoms with E-state index in [-0.39, 0.29) is 5.41 Å². The summed E-state index contributed by atoms with van der Waals surface area (Å²) in [5.74, 6) is 0. The number of thiocarbonyl (C=S) groups is 1. The average Bonchev–Trinajstić information content (AvgIpc) is 2.16. The summed E-state index contributed by atoms with van der Waals surface area (Å²) in [6.07, 6.45) is 0.986. The minimum Gasteiger partial charge on any atom is -0.382 e. The van der Waals surface area contributed by atoms with E-state index in [9.17, 15) is 0 Å². The molecule has 0 aliphatic carbocycles. The number of hydrogen-bond donors (Lipinski definition) is 2. The summed E-state index contributed by atoms with van der Waals surface area (Å²) in [5, 5.41) is 7.21. The first-order valence-corrected chi connectivity index (χ1v) is 6.41. The summed E-state index contributed by atoms with van der Waals surface area (Å²) in [5.41, 5.74) is 0.219. The van der Waals surface area contributed by atoms with Gasteiger partial charge in [-0.1, -0.05) is 20.8 Å². The Morgan fingerprint density at radius 1 is 1.38 bits per heavy atom. The molecule has 0 fully saturated rings. The Balaban J connectivity index is 3.59. The van der Waals surface area contributed by atoms with E-state index in [1.165, 1.54) is 0 Å². The molecular formula is C12H26N2OS. The maximum Gasteiger partial charge on any atom is 0.166 e. The minimum atomic E-state index is 0.219. The van der Waals surface area contributed by atoms with Crippen molar-refractivity contribution >= 4 is 17.3 Å². The fourth-order valence-corrected chi connectivity index (χ4v) is 1.26. The molecule has 0 heterocycles. The molecule has 16 heavy (non-hydrogen) atoms. The molecule has 0 amide bonds. The highest BCUT2D eigenvalue weighted by atomic mass is 32.1. The maximum absolute atomic E-state index is 5.25. The van der Waals surface area contributed by atoms with E-state index >= 15 is 0 Å². The molecule has 0 aliphatic heterocycles. The lowest BCUT2D eigenvalue weighted by Crippen LogP contribution is -2.46. The lowest BCUT2D eigenvalue weighted by Gasteiger charge is -2.29. The van der Waals surface area contributed by atoms with E-state index in [4.69, 9.17) is 17.0 Å². The summed E-state index contributed by atoms with van der Waals surface area (Å²) in [7, 11) is 0. The fraction of sp³-hybridized carbons (Fsp3) is 0.917. The number of hydrogen-bond acceptors (Lipinski definition) is 2. The van der Waals surface area contributed by atoms with Crippen molar-refractivity contribution in [1.29, 1.82) is 0 Å². The first kappa shape index (κ1) is 15.7. The topological polar surface area (TPSA) is 33.3 Å². The molecule has 1 unspecified atom stereocenters. The van der Waals surface area contributed by atoms with Crippen molar-refractivity contribution in [3.63, 3.8) is 0 Å². The lowest BCUT2D eigenvalue weighted by atomic mass is 9.88. The molecule has 2 N–H and O–H groups in total. The highest BCUT2D eigenvalue weighted by Gasteiger charge is 2.20. The molecule has 96 valence electrons. The molecule has 3 nitrogen and oxygen atoms in total. The van der Waals surface area contributed by atoms with Crippen LogP contribution in [-0.2, 0) is 4.74 Å². The standard InChI is InChI=1S/C12H26N2OS/c1-6-15-9-7-8-13-11(16)14-10(2)12(3,4)5/h10H,6-9H2,1-5H3,(H2,13,14,16). The molecule has 0 radical (unpaired) electrons. The Bertz CT molecular complexity index is 202. The van der Waals surface area contributed by atoms with Crippen LogP contribution < -0.4 is 10.6 Å². The van der Waals surface area contributed by atoms with Crippen LogP contribution in [0.3, 0.4) is 0 Å². The fourth-order valence-electron chi connectivity index (χ4n) is 0.985. The van der Waals surface area contributed by atoms with E-state index in [0.29, 0.717) is 6.04 Å². The SMILES string of the molecule is CCOCCCNC(=S)NC(C)C(C)(C)C. The van der Waals surface area contributed by atoms with Gasteiger partial charge >= 0.3 is 0 Å². The molecule has 0 saturated heterocycles. The van der Waals surface area contributed by atoms with Gasteiger partial charge in [0.2, 0.25) is 0 Å². The predicted octanol–water partition coefficient (Wildman–Crippen LogP) is 2.31. The van der Waals surface area contributed by atoms with Crippen molar-refractivity contribution in [1.82, 2.24) is 10.6 Å². The van der Waals surface area contributed by atoms with Crippen molar-refractivity contribution in [2.24, 2.45) is 5.41 Å². The average molecular weight is 246 g/mol. The summed E-state index contributed by atoms with van der Waals surface area (Å²) in [6, 6.07) is 0.361. The smallest absolute Gasteiger partial charge is 0.166 e. The zero-order valence-corrected chi connectivity index (χ0v) is 12.0. The zero-order valence-electron chi connectivity index (χ0n) is 11.2. The molecule has 0 spiro atoms. The zero-order chi connectivity index (χ0) is 12.6. The molecule has 0 rings (SSSR count). The summed E-state index contributed by atoms with van der Waals surface area (Å²) >= 11 is 5.21. The van der Waals surface area contributed by atoms with Crippen LogP contribution >= 0.6 is 12.2 Å². The molecule has 0 aromatic heterocycles. The van der Waals surface area contributed by atoms with Gasteiger partial charge in [0.25, 0.3) is 0 Å². The van der Waals surface area contributed by atoms with Gasteiger partial charge in [-0.05, 0) is 37.9 Å². The van der Waals surface area contributed by atoms with Gasteiger partial charge in [-0.3, -0.25) is 0 Å². The van der Waals surface area contributed by atoms with Crippen molar-refractivity contribution in [3.05, 3.63) is 0 Å². The lowest BCUT2D eigenvalue weighted by molar-refractivity contribution is 0.145. The first-order chi connectivity index (χ1) is 7.38. The third-order valence-corrected chi connectivity index (χ3v) is 2.86. The highest BCUT2D eigenvalue weighted by Crippen LogP contribution is 2.18. The van der Waals surface area contributed by atoms with Crippen LogP contribution in [0.4, 0.5) is 0 Å². The molecule has 0 bridgehead atoms. The van der Waals surface area contributed by atoms with Crippen LogP contribution in [0.15, 0.2) is 0 Å². The summed E-state index contributed by atoms with van der Waals surface area (Å²) in [6.45, 7) is 13.2. The van der Waals surface area contributed by atoms with Crippen LogP contribution in [0.25, 0.3) is 0 Å². The second-order valence-electron chi connectivity index (χ2n) is 5.04. The summed E-state index contributed by atoms with van der Waals surface area (Å²) < 4.78 is 5.25. The van der Waals surface area contributed by atoms with Gasteiger partial charge in [0.15, 0.2) is 5.11 Å². The number of rotatable bonds is 6. The van der Waals surface area contributed by atoms with E-state index in [1.54, 1.807) is 0 Å². The molecule has 0 aromatic rings. The quantitative estimate of drug-likeness (QED) is 0.556. The van der Waals surface area contributed by atoms with Crippen molar-refractivity contribution < 1.29 is 4.74 Å². The largest absolute Gasteiger partial charge is 0.382 e. The molecule has 4 heteroatoms. The van der Waals surface area contributed by atoms with Crippen molar-refractivity contribution in [2.75, 3.05) is 19.8 Å². The van der Waals surface area contributed by atoms with Crippen LogP contribution in [-0.4, -0.2) is 30.9 Å². The van der Waals surface area contributed by atoms with Crippen LogP contribution in [0.2, 0.25) is 0 Å². The van der Waals surface area contributed by atoms with Gasteiger partial charge < -0.3 is 15.4 Å². The Labute approximate surface area is 105 Å². The van der Waals surface area contributed by atoms with Crippen LogP contribution in [0, 0.1) is 5.41 Å². The monoisotopic (exact) mass is 246 g/mol. The Hall–Kier alpha value is -0.350. The molecule has 0 aromatic carbocycles. The van der Waals surface area contributed by atoms with E-state index in [1.807, 2.05) is 6.92 Å². The van der Waals surface area contributed by atoms with Crippen molar-refractivity contribution in [3.8, 4) is 0 Å². The number of ether oxygens (including phenoxy) is 1.